The summed E-state index contributed by atoms with van der Waals surface area (Å²) >= 11 is 2.80. The van der Waals surface area contributed by atoms with E-state index in [0.29, 0.717) is 15.4 Å². The number of halogens is 1. The van der Waals surface area contributed by atoms with Gasteiger partial charge < -0.3 is 4.90 Å². The first-order chi connectivity index (χ1) is 15.1. The fourth-order valence-corrected chi connectivity index (χ4v) is 6.70. The molecule has 3 aromatic rings. The van der Waals surface area contributed by atoms with E-state index in [1.165, 1.54) is 27.3 Å². The van der Waals surface area contributed by atoms with Crippen molar-refractivity contribution < 1.29 is 9.18 Å². The van der Waals surface area contributed by atoms with Gasteiger partial charge in [0.15, 0.2) is 5.16 Å². The Morgan fingerprint density at radius 1 is 1.10 bits per heavy atom. The summed E-state index contributed by atoms with van der Waals surface area (Å²) in [5, 5.41) is 1.00. The molecule has 0 spiro atoms. The fourth-order valence-electron chi connectivity index (χ4n) is 4.49. The highest BCUT2D eigenvalue weighted by atomic mass is 32.2. The Morgan fingerprint density at radius 2 is 1.87 bits per heavy atom. The fraction of sp³-hybridized carbons (Fsp3) is 0.435. The van der Waals surface area contributed by atoms with E-state index < -0.39 is 5.82 Å². The van der Waals surface area contributed by atoms with Crippen molar-refractivity contribution in [2.45, 2.75) is 50.1 Å². The molecular weight excluding hydrogens is 433 g/mol. The topological polar surface area (TPSA) is 55.2 Å². The van der Waals surface area contributed by atoms with E-state index in [0.717, 1.165) is 63.6 Å². The first kappa shape index (κ1) is 20.7. The number of likely N-dealkylation sites (tertiary alicyclic amines) is 1. The Morgan fingerprint density at radius 3 is 2.68 bits per heavy atom. The van der Waals surface area contributed by atoms with Crippen LogP contribution in [0.5, 0.6) is 0 Å². The molecule has 1 fully saturated rings. The summed E-state index contributed by atoms with van der Waals surface area (Å²) in [6.45, 7) is 1.56. The van der Waals surface area contributed by atoms with Gasteiger partial charge in [-0.1, -0.05) is 23.9 Å². The Hall–Kier alpha value is -2.19. The standard InChI is InChI=1S/C23H24FN3O2S2/c24-16-9-3-4-10-17(16)27-22(29)20-15-8-2-5-11-18(15)31-21(20)25-23(27)30-14-19(28)26-12-6-1-7-13-26/h3-4,9-10H,1-2,5-8,11-14H2. The minimum absolute atomic E-state index is 0.0459. The predicted molar refractivity (Wildman–Crippen MR) is 123 cm³/mol. The van der Waals surface area contributed by atoms with Crippen LogP contribution in [0.15, 0.2) is 34.2 Å². The molecule has 8 heteroatoms. The summed E-state index contributed by atoms with van der Waals surface area (Å²) in [5.74, 6) is -0.235. The second-order valence-corrected chi connectivity index (χ2v) is 10.1. The predicted octanol–water partition coefficient (Wildman–Crippen LogP) is 4.57. The summed E-state index contributed by atoms with van der Waals surface area (Å²) < 4.78 is 16.1. The molecule has 3 heterocycles. The molecule has 0 atom stereocenters. The molecular formula is C23H24FN3O2S2. The summed E-state index contributed by atoms with van der Waals surface area (Å²) in [6, 6.07) is 6.27. The third-order valence-corrected chi connectivity index (χ3v) is 8.19. The van der Waals surface area contributed by atoms with E-state index in [2.05, 4.69) is 0 Å². The lowest BCUT2D eigenvalue weighted by molar-refractivity contribution is -0.129. The van der Waals surface area contributed by atoms with Gasteiger partial charge >= 0.3 is 0 Å². The Kier molecular flexibility index (Phi) is 5.84. The summed E-state index contributed by atoms with van der Waals surface area (Å²) in [4.78, 5) is 34.9. The Bertz CT molecular complexity index is 1200. The average molecular weight is 458 g/mol. The number of amides is 1. The van der Waals surface area contributed by atoms with Crippen LogP contribution in [0.25, 0.3) is 15.9 Å². The first-order valence-corrected chi connectivity index (χ1v) is 12.7. The van der Waals surface area contributed by atoms with Gasteiger partial charge in [0, 0.05) is 18.0 Å². The van der Waals surface area contributed by atoms with Crippen LogP contribution in [0.3, 0.4) is 0 Å². The van der Waals surface area contributed by atoms with Gasteiger partial charge in [0.1, 0.15) is 10.6 Å². The van der Waals surface area contributed by atoms with Gasteiger partial charge in [0.2, 0.25) is 5.91 Å². The van der Waals surface area contributed by atoms with Crippen molar-refractivity contribution in [2.24, 2.45) is 0 Å². The molecule has 0 radical (unpaired) electrons. The average Bonchev–Trinajstić information content (AvgIpc) is 3.17. The lowest BCUT2D eigenvalue weighted by atomic mass is 9.97. The van der Waals surface area contributed by atoms with Crippen LogP contribution in [0.4, 0.5) is 4.39 Å². The molecule has 1 aliphatic carbocycles. The van der Waals surface area contributed by atoms with Crippen LogP contribution in [0, 0.1) is 5.82 Å². The van der Waals surface area contributed by atoms with Gasteiger partial charge in [-0.2, -0.15) is 0 Å². The maximum absolute atomic E-state index is 14.7. The lowest BCUT2D eigenvalue weighted by Gasteiger charge is -2.26. The monoisotopic (exact) mass is 457 g/mol. The lowest BCUT2D eigenvalue weighted by Crippen LogP contribution is -2.36. The number of carbonyl (C=O) groups is 1. The molecule has 0 unspecified atom stereocenters. The maximum Gasteiger partial charge on any atom is 0.267 e. The second kappa shape index (κ2) is 8.74. The van der Waals surface area contributed by atoms with Crippen molar-refractivity contribution in [1.29, 1.82) is 0 Å². The molecule has 0 saturated carbocycles. The normalized spacial score (nSPS) is 16.5. The number of thiophene rings is 1. The number of nitrogens with zero attached hydrogens (tertiary/aromatic N) is 3. The zero-order chi connectivity index (χ0) is 21.4. The molecule has 2 aromatic heterocycles. The number of aromatic nitrogens is 2. The van der Waals surface area contributed by atoms with E-state index >= 15 is 0 Å². The van der Waals surface area contributed by atoms with Gasteiger partial charge in [0.05, 0.1) is 16.8 Å². The number of piperidine rings is 1. The van der Waals surface area contributed by atoms with Gasteiger partial charge in [-0.25, -0.2) is 9.37 Å². The summed E-state index contributed by atoms with van der Waals surface area (Å²) in [7, 11) is 0. The Labute approximate surface area is 188 Å². The van der Waals surface area contributed by atoms with Crippen LogP contribution in [-0.4, -0.2) is 39.2 Å². The molecule has 5 rings (SSSR count). The quantitative estimate of drug-likeness (QED) is 0.425. The van der Waals surface area contributed by atoms with Crippen molar-refractivity contribution in [3.8, 4) is 5.69 Å². The smallest absolute Gasteiger partial charge is 0.267 e. The van der Waals surface area contributed by atoms with Crippen LogP contribution < -0.4 is 5.56 Å². The van der Waals surface area contributed by atoms with Gasteiger partial charge in [-0.05, 0) is 62.6 Å². The molecule has 1 amide bonds. The van der Waals surface area contributed by atoms with E-state index in [4.69, 9.17) is 4.98 Å². The van der Waals surface area contributed by atoms with Crippen molar-refractivity contribution in [3.05, 3.63) is 50.9 Å². The number of aryl methyl sites for hydroxylation is 2. The van der Waals surface area contributed by atoms with Gasteiger partial charge in [-0.3, -0.25) is 14.2 Å². The number of thioether (sulfide) groups is 1. The molecule has 162 valence electrons. The molecule has 5 nitrogen and oxygen atoms in total. The third kappa shape index (κ3) is 3.91. The Balaban J connectivity index is 1.59. The number of para-hydroxylation sites is 1. The van der Waals surface area contributed by atoms with Crippen LogP contribution in [0.1, 0.15) is 42.5 Å². The number of carbonyl (C=O) groups excluding carboxylic acids is 1. The summed E-state index contributed by atoms with van der Waals surface area (Å²) in [6.07, 6.45) is 7.22. The molecule has 1 aliphatic heterocycles. The zero-order valence-electron chi connectivity index (χ0n) is 17.2. The highest BCUT2D eigenvalue weighted by Crippen LogP contribution is 2.35. The van der Waals surface area contributed by atoms with Gasteiger partial charge in [-0.15, -0.1) is 11.3 Å². The second-order valence-electron chi connectivity index (χ2n) is 8.11. The van der Waals surface area contributed by atoms with E-state index in [1.807, 2.05) is 4.90 Å². The number of benzene rings is 1. The van der Waals surface area contributed by atoms with Gasteiger partial charge in [0.25, 0.3) is 5.56 Å². The highest BCUT2D eigenvalue weighted by Gasteiger charge is 2.25. The molecule has 0 N–H and O–H groups in total. The van der Waals surface area contributed by atoms with E-state index in [-0.39, 0.29) is 22.9 Å². The number of hydrogen-bond acceptors (Lipinski definition) is 5. The molecule has 1 saturated heterocycles. The number of hydrogen-bond donors (Lipinski definition) is 0. The third-order valence-electron chi connectivity index (χ3n) is 6.09. The minimum atomic E-state index is -0.473. The molecule has 1 aromatic carbocycles. The van der Waals surface area contributed by atoms with E-state index in [1.54, 1.807) is 29.5 Å². The van der Waals surface area contributed by atoms with Crippen molar-refractivity contribution in [3.63, 3.8) is 0 Å². The maximum atomic E-state index is 14.7. The summed E-state index contributed by atoms with van der Waals surface area (Å²) in [5.41, 5.74) is 1.03. The molecule has 0 bridgehead atoms. The van der Waals surface area contributed by atoms with Crippen LogP contribution >= 0.6 is 23.1 Å². The molecule has 31 heavy (non-hydrogen) atoms. The first-order valence-electron chi connectivity index (χ1n) is 10.9. The highest BCUT2D eigenvalue weighted by molar-refractivity contribution is 7.99. The largest absolute Gasteiger partial charge is 0.342 e. The van der Waals surface area contributed by atoms with Crippen molar-refractivity contribution >= 4 is 39.2 Å². The number of fused-ring (bicyclic) bond motifs is 3. The van der Waals surface area contributed by atoms with Crippen LogP contribution in [0.2, 0.25) is 0 Å². The minimum Gasteiger partial charge on any atom is -0.342 e. The van der Waals surface area contributed by atoms with E-state index in [9.17, 15) is 14.0 Å². The van der Waals surface area contributed by atoms with Crippen molar-refractivity contribution in [1.82, 2.24) is 14.5 Å². The van der Waals surface area contributed by atoms with Crippen molar-refractivity contribution in [2.75, 3.05) is 18.8 Å². The molecule has 2 aliphatic rings. The zero-order valence-corrected chi connectivity index (χ0v) is 18.9. The van der Waals surface area contributed by atoms with Crippen LogP contribution in [-0.2, 0) is 17.6 Å². The number of rotatable bonds is 4. The SMILES string of the molecule is O=C(CSc1nc2sc3c(c2c(=O)n1-c1ccccc1F)CCCC3)N1CCCCC1.